The van der Waals surface area contributed by atoms with Crippen molar-refractivity contribution in [2.45, 2.75) is 61.4 Å². The Morgan fingerprint density at radius 3 is 1.68 bits per heavy atom. The zero-order chi connectivity index (χ0) is 19.9. The molecule has 0 aromatic heterocycles. The van der Waals surface area contributed by atoms with E-state index in [4.69, 9.17) is 5.14 Å². The first-order valence-electron chi connectivity index (χ1n) is 7.16. The van der Waals surface area contributed by atoms with E-state index in [2.05, 4.69) is 5.32 Å². The van der Waals surface area contributed by atoms with E-state index in [1.807, 2.05) is 0 Å². The maximum atomic E-state index is 11.9. The van der Waals surface area contributed by atoms with Crippen molar-refractivity contribution in [3.05, 3.63) is 0 Å². The Labute approximate surface area is 149 Å². The van der Waals surface area contributed by atoms with Crippen LogP contribution in [0.4, 0.5) is 39.5 Å². The number of thiol groups is 1. The second kappa shape index (κ2) is 9.79. The van der Waals surface area contributed by atoms with Gasteiger partial charge in [-0.25, -0.2) is 0 Å². The first-order valence-corrected chi connectivity index (χ1v) is 8.65. The fourth-order valence-electron chi connectivity index (χ4n) is 2.00. The molecule has 0 aromatic rings. The molecule has 1 aliphatic rings. The van der Waals surface area contributed by atoms with Crippen molar-refractivity contribution in [1.82, 2.24) is 5.32 Å². The molecule has 1 rings (SSSR count). The van der Waals surface area contributed by atoms with E-state index in [1.54, 1.807) is 12.6 Å². The molecular weight excluding hydrogens is 407 g/mol. The van der Waals surface area contributed by atoms with Gasteiger partial charge in [-0.3, -0.25) is 5.14 Å². The maximum absolute atomic E-state index is 11.9. The zero-order valence-electron chi connectivity index (χ0n) is 12.9. The molecule has 0 amide bonds. The number of rotatable bonds is 6. The van der Waals surface area contributed by atoms with Crippen molar-refractivity contribution in [1.29, 1.82) is 0 Å². The third-order valence-corrected chi connectivity index (χ3v) is 4.11. The lowest BCUT2D eigenvalue weighted by Crippen LogP contribution is -2.59. The number of alkyl halides is 9. The Balaban J connectivity index is 0.000000472. The van der Waals surface area contributed by atoms with Gasteiger partial charge >= 0.3 is 23.3 Å². The van der Waals surface area contributed by atoms with E-state index in [0.29, 0.717) is 0 Å². The summed E-state index contributed by atoms with van der Waals surface area (Å²) in [6.45, 7) is 1.08. The van der Waals surface area contributed by atoms with Crippen molar-refractivity contribution in [2.24, 2.45) is 5.14 Å². The van der Waals surface area contributed by atoms with Gasteiger partial charge in [-0.15, -0.1) is 0 Å². The van der Waals surface area contributed by atoms with Crippen LogP contribution in [0.15, 0.2) is 0 Å². The summed E-state index contributed by atoms with van der Waals surface area (Å²) in [6, 6.07) is 0.788. The molecule has 0 radical (unpaired) electrons. The van der Waals surface area contributed by atoms with Gasteiger partial charge in [-0.1, -0.05) is 43.8 Å². The van der Waals surface area contributed by atoms with E-state index < -0.39 is 23.3 Å². The Morgan fingerprint density at radius 2 is 1.36 bits per heavy atom. The average molecular weight is 426 g/mol. The Morgan fingerprint density at radius 1 is 0.880 bits per heavy atom. The first kappa shape index (κ1) is 25.0. The summed E-state index contributed by atoms with van der Waals surface area (Å²) in [6.07, 6.45) is 0.220. The molecular formula is C12H19F9N2S2. The highest BCUT2D eigenvalue weighted by Gasteiger charge is 2.81. The molecule has 13 heteroatoms. The van der Waals surface area contributed by atoms with E-state index in [9.17, 15) is 39.5 Å². The predicted octanol–water partition coefficient (Wildman–Crippen LogP) is 4.86. The molecule has 152 valence electrons. The van der Waals surface area contributed by atoms with Crippen LogP contribution in [-0.2, 0) is 0 Å². The molecule has 0 atom stereocenters. The van der Waals surface area contributed by atoms with Crippen LogP contribution in [0, 0.1) is 0 Å². The van der Waals surface area contributed by atoms with Gasteiger partial charge in [0, 0.05) is 18.3 Å². The highest BCUT2D eigenvalue weighted by atomic mass is 32.2. The molecule has 3 N–H and O–H groups in total. The third kappa shape index (κ3) is 7.25. The predicted molar refractivity (Wildman–Crippen MR) is 81.4 cm³/mol. The lowest BCUT2D eigenvalue weighted by molar-refractivity contribution is -0.380. The quantitative estimate of drug-likeness (QED) is 0.246. The summed E-state index contributed by atoms with van der Waals surface area (Å²) in [5.41, 5.74) is 0. The number of halogens is 9. The van der Waals surface area contributed by atoms with Gasteiger partial charge in [0.2, 0.25) is 0 Å². The zero-order valence-corrected chi connectivity index (χ0v) is 14.6. The Bertz CT molecular complexity index is 356. The van der Waals surface area contributed by atoms with E-state index in [-0.39, 0.29) is 0 Å². The third-order valence-electron chi connectivity index (χ3n) is 3.39. The number of hydrogen-bond donors (Lipinski definition) is 3. The molecule has 0 aromatic carbocycles. The van der Waals surface area contributed by atoms with Gasteiger partial charge in [-0.05, 0) is 12.8 Å². The fraction of sp³-hybridized carbons (Fsp3) is 1.00. The van der Waals surface area contributed by atoms with Crippen LogP contribution in [-0.4, -0.2) is 41.6 Å². The molecule has 0 spiro atoms. The molecule has 0 bridgehead atoms. The Kier molecular flexibility index (Phi) is 9.79. The van der Waals surface area contributed by atoms with Gasteiger partial charge in [-0.2, -0.15) is 39.5 Å². The standard InChI is InChI=1S/C8H18N2S.C4HF9S/c9-11-7-6-10-8-4-2-1-3-5-8;5-1(6,3(9,10)11)2(7,8)4(12,13)14/h8,10H,1-7,9H2;14H. The summed E-state index contributed by atoms with van der Waals surface area (Å²) >= 11 is 3.12. The van der Waals surface area contributed by atoms with Crippen molar-refractivity contribution in [3.8, 4) is 0 Å². The summed E-state index contributed by atoms with van der Waals surface area (Å²) in [5, 5.41) is 3.07. The second-order valence-electron chi connectivity index (χ2n) is 5.35. The highest BCUT2D eigenvalue weighted by Crippen LogP contribution is 2.54. The minimum absolute atomic E-state index is 0.788. The molecule has 0 aliphatic heterocycles. The van der Waals surface area contributed by atoms with Gasteiger partial charge in [0.15, 0.2) is 0 Å². The van der Waals surface area contributed by atoms with Crippen molar-refractivity contribution in [3.63, 3.8) is 0 Å². The topological polar surface area (TPSA) is 38.0 Å². The van der Waals surface area contributed by atoms with E-state index >= 15 is 0 Å². The van der Waals surface area contributed by atoms with Crippen LogP contribution in [0.3, 0.4) is 0 Å². The van der Waals surface area contributed by atoms with Crippen LogP contribution in [0.2, 0.25) is 0 Å². The smallest absolute Gasteiger partial charge is 0.313 e. The first-order chi connectivity index (χ1) is 11.2. The summed E-state index contributed by atoms with van der Waals surface area (Å²) in [4.78, 5) is 0. The van der Waals surface area contributed by atoms with E-state index in [1.165, 1.54) is 44.1 Å². The average Bonchev–Trinajstić information content (AvgIpc) is 2.47. The second-order valence-corrected chi connectivity index (χ2v) is 6.65. The van der Waals surface area contributed by atoms with Gasteiger partial charge in [0.05, 0.1) is 0 Å². The summed E-state index contributed by atoms with van der Waals surface area (Å²) in [7, 11) is 0. The minimum Gasteiger partial charge on any atom is -0.313 e. The fourth-order valence-corrected chi connectivity index (χ4v) is 2.37. The molecule has 2 nitrogen and oxygen atoms in total. The van der Waals surface area contributed by atoms with Crippen molar-refractivity contribution >= 4 is 24.6 Å². The van der Waals surface area contributed by atoms with Crippen LogP contribution < -0.4 is 10.5 Å². The van der Waals surface area contributed by atoms with Crippen LogP contribution in [0.25, 0.3) is 0 Å². The van der Waals surface area contributed by atoms with Crippen LogP contribution >= 0.6 is 24.6 Å². The largest absolute Gasteiger partial charge is 0.460 e. The number of hydrogen-bond acceptors (Lipinski definition) is 4. The molecule has 25 heavy (non-hydrogen) atoms. The van der Waals surface area contributed by atoms with Gasteiger partial charge in [0.1, 0.15) is 0 Å². The minimum atomic E-state index is -6.84. The molecule has 0 heterocycles. The SMILES string of the molecule is FC(F)(F)C(F)(F)C(F)(F)C(F)(F)S.NSCCNC1CCCCC1. The van der Waals surface area contributed by atoms with Crippen LogP contribution in [0.1, 0.15) is 32.1 Å². The summed E-state index contributed by atoms with van der Waals surface area (Å²) < 4.78 is 105. The molecule has 1 aliphatic carbocycles. The molecule has 1 fully saturated rings. The lowest BCUT2D eigenvalue weighted by atomic mass is 9.96. The van der Waals surface area contributed by atoms with Gasteiger partial charge < -0.3 is 5.32 Å². The van der Waals surface area contributed by atoms with Crippen LogP contribution in [0.5, 0.6) is 0 Å². The van der Waals surface area contributed by atoms with Gasteiger partial charge in [0.25, 0.3) is 0 Å². The normalized spacial score (nSPS) is 17.9. The maximum Gasteiger partial charge on any atom is 0.460 e. The van der Waals surface area contributed by atoms with E-state index in [0.717, 1.165) is 18.3 Å². The highest BCUT2D eigenvalue weighted by molar-refractivity contribution is 7.97. The molecule has 0 unspecified atom stereocenters. The lowest BCUT2D eigenvalue weighted by Gasteiger charge is -2.30. The number of nitrogens with one attached hydrogen (secondary N) is 1. The summed E-state index contributed by atoms with van der Waals surface area (Å²) in [5.74, 6) is -12.4. The monoisotopic (exact) mass is 426 g/mol. The van der Waals surface area contributed by atoms with Crippen molar-refractivity contribution < 1.29 is 39.5 Å². The van der Waals surface area contributed by atoms with Crippen molar-refractivity contribution in [2.75, 3.05) is 12.3 Å². The number of nitrogens with two attached hydrogens (primary N) is 1. The molecule has 0 saturated heterocycles. The molecule has 1 saturated carbocycles. The Hall–Kier alpha value is -0.0100.